The molecule has 0 aliphatic carbocycles. The van der Waals surface area contributed by atoms with Crippen LogP contribution in [0.1, 0.15) is 43.2 Å². The summed E-state index contributed by atoms with van der Waals surface area (Å²) >= 11 is 0. The third-order valence-electron chi connectivity index (χ3n) is 9.95. The first kappa shape index (κ1) is 30.2. The molecule has 0 fully saturated rings. The van der Waals surface area contributed by atoms with Gasteiger partial charge >= 0.3 is 0 Å². The highest BCUT2D eigenvalue weighted by Crippen LogP contribution is 2.46. The van der Waals surface area contributed by atoms with Crippen molar-refractivity contribution >= 4 is 61.2 Å². The molecule has 5 aromatic carbocycles. The molecule has 4 heterocycles. The van der Waals surface area contributed by atoms with Crippen LogP contribution in [-0.2, 0) is 5.41 Å². The van der Waals surface area contributed by atoms with Crippen LogP contribution in [0.25, 0.3) is 38.5 Å². The fourth-order valence-corrected chi connectivity index (χ4v) is 7.75. The molecule has 0 saturated heterocycles. The number of fused-ring (bicyclic) bond motifs is 9. The Morgan fingerprint density at radius 2 is 1.28 bits per heavy atom. The molecule has 0 N–H and O–H groups in total. The molecule has 0 spiro atoms. The highest BCUT2D eigenvalue weighted by molar-refractivity contribution is 6.13. The average Bonchev–Trinajstić information content (AvgIpc) is 3.67. The molecule has 246 valence electrons. The monoisotopic (exact) mass is 653 g/mol. The van der Waals surface area contributed by atoms with E-state index in [0.717, 1.165) is 61.4 Å². The van der Waals surface area contributed by atoms with E-state index in [-0.39, 0.29) is 5.41 Å². The van der Waals surface area contributed by atoms with Gasteiger partial charge in [0.15, 0.2) is 0 Å². The zero-order valence-corrected chi connectivity index (χ0v) is 29.3. The lowest BCUT2D eigenvalue weighted by atomic mass is 9.91. The summed E-state index contributed by atoms with van der Waals surface area (Å²) in [5.41, 5.74) is 13.3. The minimum atomic E-state index is -0.0773. The number of para-hydroxylation sites is 4. The van der Waals surface area contributed by atoms with Crippen LogP contribution in [0.3, 0.4) is 0 Å². The van der Waals surface area contributed by atoms with Gasteiger partial charge in [-0.3, -0.25) is 4.40 Å². The highest BCUT2D eigenvalue weighted by Gasteiger charge is 2.30. The Labute approximate surface area is 292 Å². The SMILES string of the molecule is Cc1cc(C)c(N2CN(c3cccc(Oc4ccc5c6ccc(C(C)(C)C)nc6n6c7ccccc7nc6c5c4)c3)c3ccccc32)c(C)c1. The van der Waals surface area contributed by atoms with Gasteiger partial charge in [-0.2, -0.15) is 0 Å². The fraction of sp³-hybridized carbons (Fsp3) is 0.182. The van der Waals surface area contributed by atoms with Gasteiger partial charge in [-0.05, 0) is 104 Å². The molecule has 0 unspecified atom stereocenters. The number of hydrogen-bond donors (Lipinski definition) is 0. The van der Waals surface area contributed by atoms with E-state index in [9.17, 15) is 0 Å². The van der Waals surface area contributed by atoms with Crippen LogP contribution in [0.2, 0.25) is 0 Å². The highest BCUT2D eigenvalue weighted by atomic mass is 16.5. The van der Waals surface area contributed by atoms with Crippen molar-refractivity contribution in [3.63, 3.8) is 0 Å². The second-order valence-corrected chi connectivity index (χ2v) is 14.6. The van der Waals surface area contributed by atoms with E-state index in [1.165, 1.54) is 33.8 Å². The molecule has 8 aromatic rings. The summed E-state index contributed by atoms with van der Waals surface area (Å²) < 4.78 is 8.85. The number of imidazole rings is 1. The van der Waals surface area contributed by atoms with Crippen LogP contribution in [0, 0.1) is 20.8 Å². The van der Waals surface area contributed by atoms with Gasteiger partial charge < -0.3 is 14.5 Å². The van der Waals surface area contributed by atoms with Gasteiger partial charge in [-0.1, -0.05) is 68.8 Å². The van der Waals surface area contributed by atoms with E-state index in [4.69, 9.17) is 14.7 Å². The molecule has 1 aliphatic rings. The summed E-state index contributed by atoms with van der Waals surface area (Å²) in [6.45, 7) is 13.9. The molecule has 6 heteroatoms. The minimum absolute atomic E-state index is 0.0773. The van der Waals surface area contributed by atoms with Crippen molar-refractivity contribution in [3.05, 3.63) is 138 Å². The van der Waals surface area contributed by atoms with Crippen molar-refractivity contribution in [2.24, 2.45) is 0 Å². The topological polar surface area (TPSA) is 45.9 Å². The Bertz CT molecular complexity index is 2620. The molecular weight excluding hydrogens is 615 g/mol. The van der Waals surface area contributed by atoms with Crippen molar-refractivity contribution in [2.45, 2.75) is 47.0 Å². The molecule has 0 bridgehead atoms. The van der Waals surface area contributed by atoms with Crippen molar-refractivity contribution in [3.8, 4) is 11.5 Å². The van der Waals surface area contributed by atoms with E-state index in [0.29, 0.717) is 6.67 Å². The summed E-state index contributed by atoms with van der Waals surface area (Å²) in [6, 6.07) is 40.6. The molecular formula is C44H39N5O. The van der Waals surface area contributed by atoms with E-state index in [1.807, 2.05) is 12.1 Å². The van der Waals surface area contributed by atoms with E-state index >= 15 is 0 Å². The van der Waals surface area contributed by atoms with Crippen LogP contribution in [-0.4, -0.2) is 21.0 Å². The van der Waals surface area contributed by atoms with Gasteiger partial charge in [0.2, 0.25) is 0 Å². The van der Waals surface area contributed by atoms with Crippen LogP contribution in [0.5, 0.6) is 11.5 Å². The standard InChI is InChI=1S/C44H39N5O/c1-27-22-28(2)41(29(3)23-27)48-26-47(38-16-9-10-17-39(38)48)30-12-11-13-31(24-30)50-32-18-19-33-34-20-21-40(44(4,5)6)46-42(34)49-37-15-8-7-14-36(37)45-43(49)35(33)25-32/h7-25H,26H2,1-6H3. The lowest BCUT2D eigenvalue weighted by Crippen LogP contribution is -2.25. The summed E-state index contributed by atoms with van der Waals surface area (Å²) in [4.78, 5) is 15.1. The zero-order chi connectivity index (χ0) is 34.3. The van der Waals surface area contributed by atoms with Crippen LogP contribution in [0.4, 0.5) is 22.7 Å². The van der Waals surface area contributed by atoms with Gasteiger partial charge in [-0.15, -0.1) is 0 Å². The molecule has 6 nitrogen and oxygen atoms in total. The molecule has 0 amide bonds. The third kappa shape index (κ3) is 4.78. The largest absolute Gasteiger partial charge is 0.457 e. The maximum atomic E-state index is 6.64. The fourth-order valence-electron chi connectivity index (χ4n) is 7.75. The maximum absolute atomic E-state index is 6.64. The lowest BCUT2D eigenvalue weighted by Gasteiger charge is -2.25. The van der Waals surface area contributed by atoms with Gasteiger partial charge in [0, 0.05) is 39.3 Å². The summed E-state index contributed by atoms with van der Waals surface area (Å²) in [7, 11) is 0. The Balaban J connectivity index is 1.12. The number of aryl methyl sites for hydroxylation is 3. The summed E-state index contributed by atoms with van der Waals surface area (Å²) in [5, 5.41) is 3.22. The third-order valence-corrected chi connectivity index (χ3v) is 9.95. The Kier molecular flexibility index (Phi) is 6.69. The maximum Gasteiger partial charge on any atom is 0.147 e. The van der Waals surface area contributed by atoms with E-state index < -0.39 is 0 Å². The molecule has 1 aliphatic heterocycles. The van der Waals surface area contributed by atoms with Crippen molar-refractivity contribution in [2.75, 3.05) is 16.5 Å². The van der Waals surface area contributed by atoms with Crippen LogP contribution in [0.15, 0.2) is 115 Å². The van der Waals surface area contributed by atoms with Gasteiger partial charge in [0.25, 0.3) is 0 Å². The number of anilines is 4. The average molecular weight is 654 g/mol. The van der Waals surface area contributed by atoms with Crippen LogP contribution >= 0.6 is 0 Å². The number of nitrogens with zero attached hydrogens (tertiary/aromatic N) is 5. The first-order valence-corrected chi connectivity index (χ1v) is 17.3. The minimum Gasteiger partial charge on any atom is -0.457 e. The van der Waals surface area contributed by atoms with Crippen molar-refractivity contribution in [1.29, 1.82) is 0 Å². The van der Waals surface area contributed by atoms with Gasteiger partial charge in [-0.25, -0.2) is 9.97 Å². The smallest absolute Gasteiger partial charge is 0.147 e. The summed E-state index contributed by atoms with van der Waals surface area (Å²) in [5.74, 6) is 1.54. The second kappa shape index (κ2) is 11.1. The van der Waals surface area contributed by atoms with Gasteiger partial charge in [0.1, 0.15) is 29.5 Å². The van der Waals surface area contributed by atoms with E-state index in [1.54, 1.807) is 0 Å². The van der Waals surface area contributed by atoms with Gasteiger partial charge in [0.05, 0.1) is 22.4 Å². The predicted molar refractivity (Wildman–Crippen MR) is 207 cm³/mol. The van der Waals surface area contributed by atoms with Crippen LogP contribution < -0.4 is 14.5 Å². The Morgan fingerprint density at radius 3 is 2.06 bits per heavy atom. The Hall–Kier alpha value is -5.88. The quantitative estimate of drug-likeness (QED) is 0.177. The lowest BCUT2D eigenvalue weighted by molar-refractivity contribution is 0.483. The second-order valence-electron chi connectivity index (χ2n) is 14.6. The van der Waals surface area contributed by atoms with Crippen molar-refractivity contribution < 1.29 is 4.74 Å². The number of benzene rings is 5. The number of ether oxygens (including phenoxy) is 1. The van der Waals surface area contributed by atoms with Crippen molar-refractivity contribution in [1.82, 2.24) is 14.4 Å². The summed E-state index contributed by atoms with van der Waals surface area (Å²) in [6.07, 6.45) is 0. The molecule has 9 rings (SSSR count). The number of aromatic nitrogens is 3. The molecule has 0 saturated carbocycles. The molecule has 50 heavy (non-hydrogen) atoms. The first-order chi connectivity index (χ1) is 24.1. The number of hydrogen-bond acceptors (Lipinski definition) is 5. The normalized spacial score (nSPS) is 13.2. The number of pyridine rings is 2. The first-order valence-electron chi connectivity index (χ1n) is 17.3. The van der Waals surface area contributed by atoms with E-state index in [2.05, 4.69) is 159 Å². The zero-order valence-electron chi connectivity index (χ0n) is 29.3. The predicted octanol–water partition coefficient (Wildman–Crippen LogP) is 11.5. The molecule has 3 aromatic heterocycles. The number of rotatable bonds is 4. The Morgan fingerprint density at radius 1 is 0.600 bits per heavy atom. The molecule has 0 atom stereocenters. The molecule has 0 radical (unpaired) electrons.